The number of carbonyl (C=O) groups excluding carboxylic acids is 1. The highest BCUT2D eigenvalue weighted by molar-refractivity contribution is 6.30. The molecular weight excluding hydrogens is 252 g/mol. The molecule has 0 amide bonds. The minimum atomic E-state index is -0.397. The summed E-state index contributed by atoms with van der Waals surface area (Å²) in [5.41, 5.74) is 1.24. The lowest BCUT2D eigenvalue weighted by Crippen LogP contribution is -2.02. The van der Waals surface area contributed by atoms with Gasteiger partial charge >= 0.3 is 5.97 Å². The van der Waals surface area contributed by atoms with Crippen molar-refractivity contribution < 1.29 is 9.53 Å². The Balaban J connectivity index is 2.22. The van der Waals surface area contributed by atoms with Gasteiger partial charge in [-0.2, -0.15) is 0 Å². The Hall–Kier alpha value is -2.07. The van der Waals surface area contributed by atoms with Crippen LogP contribution in [0.5, 0.6) is 0 Å². The average molecular weight is 263 g/mol. The van der Waals surface area contributed by atoms with Gasteiger partial charge in [0.2, 0.25) is 0 Å². The molecule has 0 saturated carbocycles. The number of aromatic nitrogens is 1. The van der Waals surface area contributed by atoms with Crippen molar-refractivity contribution >= 4 is 29.1 Å². The normalized spacial score (nSPS) is 9.89. The van der Waals surface area contributed by atoms with Crippen LogP contribution in [0.3, 0.4) is 0 Å². The first-order valence-electron chi connectivity index (χ1n) is 5.26. The number of benzene rings is 1. The van der Waals surface area contributed by atoms with Gasteiger partial charge in [-0.3, -0.25) is 0 Å². The Kier molecular flexibility index (Phi) is 3.79. The molecule has 0 saturated heterocycles. The van der Waals surface area contributed by atoms with E-state index in [1.807, 2.05) is 12.1 Å². The Labute approximate surface area is 110 Å². The number of pyridine rings is 1. The van der Waals surface area contributed by atoms with Gasteiger partial charge in [-0.1, -0.05) is 17.7 Å². The molecule has 4 nitrogen and oxygen atoms in total. The third-order valence-corrected chi connectivity index (χ3v) is 2.51. The van der Waals surface area contributed by atoms with E-state index in [9.17, 15) is 4.79 Å². The number of esters is 1. The summed E-state index contributed by atoms with van der Waals surface area (Å²) >= 11 is 5.88. The Bertz CT molecular complexity index is 572. The summed E-state index contributed by atoms with van der Waals surface area (Å²) in [6, 6.07) is 10.5. The van der Waals surface area contributed by atoms with Gasteiger partial charge in [-0.05, 0) is 30.3 Å². The van der Waals surface area contributed by atoms with E-state index >= 15 is 0 Å². The second kappa shape index (κ2) is 5.51. The highest BCUT2D eigenvalue weighted by Gasteiger charge is 2.06. The van der Waals surface area contributed by atoms with E-state index in [1.165, 1.54) is 7.11 Å². The van der Waals surface area contributed by atoms with Gasteiger partial charge in [0, 0.05) is 16.9 Å². The Morgan fingerprint density at radius 2 is 2.17 bits per heavy atom. The van der Waals surface area contributed by atoms with Crippen LogP contribution < -0.4 is 5.32 Å². The zero-order valence-electron chi connectivity index (χ0n) is 9.68. The van der Waals surface area contributed by atoms with Crippen molar-refractivity contribution in [1.82, 2.24) is 4.98 Å². The molecule has 2 rings (SSSR count). The molecule has 0 unspecified atom stereocenters. The van der Waals surface area contributed by atoms with E-state index in [0.29, 0.717) is 16.4 Å². The lowest BCUT2D eigenvalue weighted by Gasteiger charge is -2.06. The molecule has 1 heterocycles. The number of ether oxygens (including phenoxy) is 1. The summed E-state index contributed by atoms with van der Waals surface area (Å²) in [4.78, 5) is 15.5. The van der Waals surface area contributed by atoms with Gasteiger partial charge < -0.3 is 10.1 Å². The molecule has 92 valence electrons. The Morgan fingerprint density at radius 1 is 1.33 bits per heavy atom. The highest BCUT2D eigenvalue weighted by atomic mass is 35.5. The smallest absolute Gasteiger partial charge is 0.338 e. The van der Waals surface area contributed by atoms with Crippen molar-refractivity contribution in [1.29, 1.82) is 0 Å². The van der Waals surface area contributed by atoms with Crippen LogP contribution in [-0.4, -0.2) is 18.1 Å². The second-order valence-corrected chi connectivity index (χ2v) is 3.99. The number of methoxy groups -OCH3 is 1. The summed E-state index contributed by atoms with van der Waals surface area (Å²) in [6.07, 6.45) is 1.54. The largest absolute Gasteiger partial charge is 0.465 e. The van der Waals surface area contributed by atoms with Crippen molar-refractivity contribution in [3.05, 3.63) is 53.2 Å². The van der Waals surface area contributed by atoms with Crippen molar-refractivity contribution in [2.75, 3.05) is 12.4 Å². The minimum Gasteiger partial charge on any atom is -0.465 e. The molecule has 1 aromatic carbocycles. The van der Waals surface area contributed by atoms with Crippen molar-refractivity contribution in [3.63, 3.8) is 0 Å². The molecule has 0 radical (unpaired) electrons. The molecule has 0 aliphatic heterocycles. The predicted octanol–water partition coefficient (Wildman–Crippen LogP) is 3.27. The third kappa shape index (κ3) is 2.99. The van der Waals surface area contributed by atoms with Crippen LogP contribution in [0.4, 0.5) is 11.5 Å². The number of hydrogen-bond donors (Lipinski definition) is 1. The summed E-state index contributed by atoms with van der Waals surface area (Å²) in [6.45, 7) is 0. The standard InChI is InChI=1S/C13H11ClN2O2/c1-18-13(17)9-5-6-15-12(7-9)16-11-4-2-3-10(14)8-11/h2-8H,1H3,(H,15,16). The zero-order valence-corrected chi connectivity index (χ0v) is 10.4. The van der Waals surface area contributed by atoms with Gasteiger partial charge in [-0.25, -0.2) is 9.78 Å². The van der Waals surface area contributed by atoms with Crippen molar-refractivity contribution in [2.45, 2.75) is 0 Å². The molecule has 1 aromatic heterocycles. The molecule has 0 spiro atoms. The molecule has 18 heavy (non-hydrogen) atoms. The Morgan fingerprint density at radius 3 is 2.89 bits per heavy atom. The number of hydrogen-bond acceptors (Lipinski definition) is 4. The third-order valence-electron chi connectivity index (χ3n) is 2.28. The molecule has 5 heteroatoms. The summed E-state index contributed by atoms with van der Waals surface area (Å²) in [5.74, 6) is 0.159. The molecule has 0 fully saturated rings. The number of halogens is 1. The fourth-order valence-electron chi connectivity index (χ4n) is 1.46. The topological polar surface area (TPSA) is 51.2 Å². The van der Waals surface area contributed by atoms with E-state index in [-0.39, 0.29) is 0 Å². The number of nitrogens with one attached hydrogen (secondary N) is 1. The molecule has 1 N–H and O–H groups in total. The summed E-state index contributed by atoms with van der Waals surface area (Å²) < 4.78 is 4.64. The molecule has 0 aliphatic rings. The second-order valence-electron chi connectivity index (χ2n) is 3.56. The van der Waals surface area contributed by atoms with Crippen molar-refractivity contribution in [2.24, 2.45) is 0 Å². The molecule has 0 aliphatic carbocycles. The molecule has 2 aromatic rings. The first-order chi connectivity index (χ1) is 8.69. The van der Waals surface area contributed by atoms with Gasteiger partial charge in [0.25, 0.3) is 0 Å². The fourth-order valence-corrected chi connectivity index (χ4v) is 1.65. The van der Waals surface area contributed by atoms with Crippen LogP contribution in [0.15, 0.2) is 42.6 Å². The summed E-state index contributed by atoms with van der Waals surface area (Å²) in [5, 5.41) is 3.69. The van der Waals surface area contributed by atoms with Crippen LogP contribution in [-0.2, 0) is 4.74 Å². The highest BCUT2D eigenvalue weighted by Crippen LogP contribution is 2.19. The van der Waals surface area contributed by atoms with Crippen molar-refractivity contribution in [3.8, 4) is 0 Å². The number of nitrogens with zero attached hydrogens (tertiary/aromatic N) is 1. The zero-order chi connectivity index (χ0) is 13.0. The molecule has 0 bridgehead atoms. The maximum absolute atomic E-state index is 11.4. The van der Waals surface area contributed by atoms with E-state index in [0.717, 1.165) is 5.69 Å². The van der Waals surface area contributed by atoms with Gasteiger partial charge in [0.05, 0.1) is 12.7 Å². The van der Waals surface area contributed by atoms with E-state index in [1.54, 1.807) is 30.5 Å². The van der Waals surface area contributed by atoms with Gasteiger partial charge in [0.1, 0.15) is 5.82 Å². The predicted molar refractivity (Wildman–Crippen MR) is 70.3 cm³/mol. The maximum Gasteiger partial charge on any atom is 0.338 e. The SMILES string of the molecule is COC(=O)c1ccnc(Nc2cccc(Cl)c2)c1. The number of rotatable bonds is 3. The van der Waals surface area contributed by atoms with Crippen LogP contribution in [0.1, 0.15) is 10.4 Å². The van der Waals surface area contributed by atoms with Crippen LogP contribution in [0, 0.1) is 0 Å². The van der Waals surface area contributed by atoms with Crippen LogP contribution >= 0.6 is 11.6 Å². The van der Waals surface area contributed by atoms with Gasteiger partial charge in [0.15, 0.2) is 0 Å². The quantitative estimate of drug-likeness (QED) is 0.863. The number of carbonyl (C=O) groups is 1. The van der Waals surface area contributed by atoms with E-state index < -0.39 is 5.97 Å². The number of anilines is 2. The monoisotopic (exact) mass is 262 g/mol. The first-order valence-corrected chi connectivity index (χ1v) is 5.64. The van der Waals surface area contributed by atoms with Crippen LogP contribution in [0.25, 0.3) is 0 Å². The van der Waals surface area contributed by atoms with Crippen LogP contribution in [0.2, 0.25) is 5.02 Å². The molecule has 0 atom stereocenters. The lowest BCUT2D eigenvalue weighted by atomic mass is 10.2. The van der Waals surface area contributed by atoms with E-state index in [4.69, 9.17) is 11.6 Å². The fraction of sp³-hybridized carbons (Fsp3) is 0.0769. The minimum absolute atomic E-state index is 0.397. The van der Waals surface area contributed by atoms with Gasteiger partial charge in [-0.15, -0.1) is 0 Å². The van der Waals surface area contributed by atoms with E-state index in [2.05, 4.69) is 15.0 Å². The molecular formula is C13H11ClN2O2. The summed E-state index contributed by atoms with van der Waals surface area (Å²) in [7, 11) is 1.34. The lowest BCUT2D eigenvalue weighted by molar-refractivity contribution is 0.0600. The average Bonchev–Trinajstić information content (AvgIpc) is 2.38. The first kappa shape index (κ1) is 12.4. The maximum atomic E-state index is 11.4.